The van der Waals surface area contributed by atoms with Crippen LogP contribution in [0, 0.1) is 23.5 Å². The van der Waals surface area contributed by atoms with Gasteiger partial charge in [0.25, 0.3) is 0 Å². The summed E-state index contributed by atoms with van der Waals surface area (Å²) in [7, 11) is 1.18. The van der Waals surface area contributed by atoms with Crippen LogP contribution in [0.3, 0.4) is 0 Å². The highest BCUT2D eigenvalue weighted by atomic mass is 35.5. The lowest BCUT2D eigenvalue weighted by Gasteiger charge is -2.37. The van der Waals surface area contributed by atoms with Gasteiger partial charge in [0.05, 0.1) is 34.5 Å². The Balaban J connectivity index is 0.000000283. The van der Waals surface area contributed by atoms with Crippen LogP contribution in [0.1, 0.15) is 111 Å². The van der Waals surface area contributed by atoms with E-state index in [4.69, 9.17) is 23.2 Å². The fraction of sp³-hybridized carbons (Fsp3) is 0.412. The van der Waals surface area contributed by atoms with Gasteiger partial charge in [0.2, 0.25) is 11.8 Å². The quantitative estimate of drug-likeness (QED) is 0.0210. The van der Waals surface area contributed by atoms with Gasteiger partial charge in [0.15, 0.2) is 0 Å². The van der Waals surface area contributed by atoms with Crippen molar-refractivity contribution in [2.24, 2.45) is 11.8 Å². The summed E-state index contributed by atoms with van der Waals surface area (Å²) >= 11 is 12.2. The molecule has 0 aliphatic heterocycles. The molecule has 8 rings (SSSR count). The van der Waals surface area contributed by atoms with E-state index in [-0.39, 0.29) is 84.1 Å². The van der Waals surface area contributed by atoms with Gasteiger partial charge in [-0.2, -0.15) is 48.3 Å². The van der Waals surface area contributed by atoms with Gasteiger partial charge in [0.1, 0.15) is 52.6 Å². The summed E-state index contributed by atoms with van der Waals surface area (Å²) in [5.74, 6) is -8.30. The number of Topliss-reactive ketones (excluding diaryl/α,β-unsaturated/α-hetero) is 1. The molecule has 0 radical (unpaired) electrons. The van der Waals surface area contributed by atoms with E-state index in [2.05, 4.69) is 50.8 Å². The Morgan fingerprint density at radius 3 is 1.49 bits per heavy atom. The number of carbonyl (C=O) groups is 6. The van der Waals surface area contributed by atoms with Gasteiger partial charge in [-0.1, -0.05) is 104 Å². The Labute approximate surface area is 575 Å². The minimum absolute atomic E-state index is 0.0508. The fourth-order valence-corrected chi connectivity index (χ4v) is 11.9. The molecule has 17 nitrogen and oxygen atoms in total. The zero-order chi connectivity index (χ0) is 73.2. The maximum atomic E-state index is 15.1. The molecule has 32 heteroatoms. The van der Waals surface area contributed by atoms with Gasteiger partial charge in [-0.25, -0.2) is 18.4 Å². The molecule has 6 aromatic rings. The number of aromatic nitrogens is 2. The van der Waals surface area contributed by atoms with Crippen LogP contribution in [-0.2, 0) is 47.8 Å². The van der Waals surface area contributed by atoms with E-state index in [9.17, 15) is 77.1 Å². The number of halogens is 15. The molecule has 2 aromatic heterocycles. The lowest BCUT2D eigenvalue weighted by atomic mass is 9.80. The van der Waals surface area contributed by atoms with Gasteiger partial charge in [-0.3, -0.25) is 29.1 Å². The number of benzene rings is 4. The maximum absolute atomic E-state index is 15.1. The first-order valence-corrected chi connectivity index (χ1v) is 32.0. The van der Waals surface area contributed by atoms with E-state index in [1.54, 1.807) is 67.6 Å². The number of amides is 6. The summed E-state index contributed by atoms with van der Waals surface area (Å²) in [6.07, 6.45) is -18.8. The number of ketones is 1. The molecule has 2 saturated carbocycles. The number of alkyl halides is 11. The second kappa shape index (κ2) is 34.9. The summed E-state index contributed by atoms with van der Waals surface area (Å²) in [6, 6.07) is 22.0. The van der Waals surface area contributed by atoms with Crippen molar-refractivity contribution in [2.75, 3.05) is 13.7 Å². The largest absolute Gasteiger partial charge is 0.468 e. The lowest BCUT2D eigenvalue weighted by molar-refractivity contribution is -0.253. The third kappa shape index (κ3) is 21.8. The molecule has 2 aliphatic rings. The Morgan fingerprint density at radius 2 is 1.06 bits per heavy atom. The predicted molar refractivity (Wildman–Crippen MR) is 339 cm³/mol. The average molecular weight is 1460 g/mol. The lowest BCUT2D eigenvalue weighted by Crippen LogP contribution is -2.57. The summed E-state index contributed by atoms with van der Waals surface area (Å²) in [6.45, 7) is 1.29. The highest BCUT2D eigenvalue weighted by Gasteiger charge is 2.48. The van der Waals surface area contributed by atoms with Crippen molar-refractivity contribution in [1.29, 1.82) is 0 Å². The highest BCUT2D eigenvalue weighted by molar-refractivity contribution is 6.30. The van der Waals surface area contributed by atoms with Crippen LogP contribution in [0.5, 0.6) is 11.5 Å². The Kier molecular flexibility index (Phi) is 27.4. The van der Waals surface area contributed by atoms with E-state index >= 15 is 8.78 Å². The minimum Gasteiger partial charge on any atom is -0.468 e. The van der Waals surface area contributed by atoms with Crippen molar-refractivity contribution in [3.05, 3.63) is 189 Å². The molecule has 5 atom stereocenters. The van der Waals surface area contributed by atoms with Crippen LogP contribution >= 0.6 is 23.2 Å². The topological polar surface area (TPSA) is 228 Å². The molecule has 0 spiro atoms. The highest BCUT2D eigenvalue weighted by Crippen LogP contribution is 2.41. The maximum Gasteiger partial charge on any atom is 0.461 e. The van der Waals surface area contributed by atoms with E-state index in [0.29, 0.717) is 55.4 Å². The minimum atomic E-state index is -4.98. The van der Waals surface area contributed by atoms with Gasteiger partial charge in [-0.05, 0) is 116 Å². The van der Waals surface area contributed by atoms with E-state index in [1.807, 2.05) is 5.32 Å². The number of methoxy groups -OCH3 is 1. The molecular formula is C68H69Cl2F13N8O9. The van der Waals surface area contributed by atoms with Crippen molar-refractivity contribution in [3.8, 4) is 11.5 Å². The van der Waals surface area contributed by atoms with Crippen LogP contribution in [0.2, 0.25) is 10.0 Å². The SMILES string of the molecule is CCCC(=O)CC(NC(=O)C1CCC(NC(=O)N[C@@](Cc2ccccc2)(c2cc(F)cc(OC(F)(F)C(F)F)c2)c2ccc(Cl)cn2)CC1)C(F)(F)F.COC(=O)CNC(=O)[C@H]1CCCC[C@H]1NC(=O)N[C@@](Cc1ccccc1)(c1cc(F)cc(OC(F)(F)C(F)F)c1)c1ccc(Cl)cn1. The number of hydrogen-bond acceptors (Lipinski definition) is 11. The Bertz CT molecular complexity index is 3740. The van der Waals surface area contributed by atoms with E-state index in [0.717, 1.165) is 24.3 Å². The fourth-order valence-electron chi connectivity index (χ4n) is 11.7. The van der Waals surface area contributed by atoms with Crippen LogP contribution in [0.4, 0.5) is 66.7 Å². The number of nitrogens with zero attached hydrogens (tertiary/aromatic N) is 2. The molecule has 0 saturated heterocycles. The summed E-state index contributed by atoms with van der Waals surface area (Å²) < 4.78 is 192. The van der Waals surface area contributed by atoms with Crippen LogP contribution in [0.15, 0.2) is 134 Å². The van der Waals surface area contributed by atoms with Gasteiger partial charge in [0, 0.05) is 68.2 Å². The smallest absolute Gasteiger partial charge is 0.461 e. The monoisotopic (exact) mass is 1460 g/mol. The molecule has 2 heterocycles. The molecule has 2 fully saturated rings. The second-order valence-corrected chi connectivity index (χ2v) is 24.6. The number of nitrogens with one attached hydrogen (secondary N) is 6. The Hall–Kier alpha value is -8.93. The van der Waals surface area contributed by atoms with Crippen molar-refractivity contribution < 1.29 is 100 Å². The normalized spacial score (nSPS) is 17.9. The van der Waals surface area contributed by atoms with Crippen molar-refractivity contribution in [1.82, 2.24) is 41.9 Å². The average Bonchev–Trinajstić information content (AvgIpc) is 0.763. The molecule has 1 unspecified atom stereocenters. The third-order valence-corrected chi connectivity index (χ3v) is 17.0. The summed E-state index contributed by atoms with van der Waals surface area (Å²) in [5, 5.41) is 16.0. The van der Waals surface area contributed by atoms with Gasteiger partial charge >= 0.3 is 49.3 Å². The first-order valence-electron chi connectivity index (χ1n) is 31.3. The number of rotatable bonds is 27. The standard InChI is InChI=1S/C36H37ClF8N4O4.C32H32ClF5N4O5/c1-2-6-27(50)18-30(35(41,42)43)48-31(51)22-9-12-26(13-10-22)47-33(52)49-34(19-21-7-4-3-5-8-21,29-14-11-24(37)20-46-29)23-15-25(38)17-28(16-23)53-36(44,45)32(39)40;1-46-27(43)18-40-28(44)24-9-5-6-10-25(24)41-30(45)42-31(16-19-7-3-2-4-8-19,26-12-11-21(33)17-39-26)20-13-22(34)15-23(14-20)47-32(37,38)29(35)36/h3-5,7-8,11,14-17,20,22,26,30,32H,2,6,9-10,12-13,18-19H2,1H3,(H,48,51)(H2,47,49,52);2-4,7-8,11-15,17,24-25,29H,5-6,9-10,16,18H2,1H3,(H,40,44)(H2,41,42,45)/t22?,26?,30?,34-;24-,25+,31-/m00/s1. The van der Waals surface area contributed by atoms with Gasteiger partial charge in [-0.15, -0.1) is 0 Å². The number of ether oxygens (including phenoxy) is 3. The number of carbonyl (C=O) groups excluding carboxylic acids is 6. The second-order valence-electron chi connectivity index (χ2n) is 23.8. The molecule has 6 N–H and O–H groups in total. The molecule has 4 aromatic carbocycles. The van der Waals surface area contributed by atoms with Gasteiger partial charge < -0.3 is 46.1 Å². The molecular weight excluding hydrogens is 1390 g/mol. The number of hydrogen-bond donors (Lipinski definition) is 6. The zero-order valence-electron chi connectivity index (χ0n) is 53.4. The van der Waals surface area contributed by atoms with Crippen molar-refractivity contribution in [3.63, 3.8) is 0 Å². The first kappa shape index (κ1) is 78.4. The predicted octanol–water partition coefficient (Wildman–Crippen LogP) is 14.0. The number of urea groups is 2. The Morgan fingerprint density at radius 1 is 0.590 bits per heavy atom. The molecule has 540 valence electrons. The first-order chi connectivity index (χ1) is 47.2. The number of esters is 1. The van der Waals surface area contributed by atoms with Crippen LogP contribution in [0.25, 0.3) is 0 Å². The molecule has 0 bridgehead atoms. The summed E-state index contributed by atoms with van der Waals surface area (Å²) in [5.41, 5.74) is -2.78. The van der Waals surface area contributed by atoms with Crippen LogP contribution < -0.4 is 41.4 Å². The zero-order valence-corrected chi connectivity index (χ0v) is 54.9. The van der Waals surface area contributed by atoms with Crippen LogP contribution in [-0.4, -0.2) is 109 Å². The molecule has 6 amide bonds. The van der Waals surface area contributed by atoms with Crippen molar-refractivity contribution >= 4 is 58.8 Å². The molecule has 100 heavy (non-hydrogen) atoms. The molecule has 2 aliphatic carbocycles. The summed E-state index contributed by atoms with van der Waals surface area (Å²) in [4.78, 5) is 85.6. The third-order valence-electron chi connectivity index (χ3n) is 16.5. The van der Waals surface area contributed by atoms with E-state index in [1.165, 1.54) is 43.8 Å². The van der Waals surface area contributed by atoms with E-state index < -0.39 is 137 Å². The van der Waals surface area contributed by atoms with Crippen molar-refractivity contribution in [2.45, 2.75) is 151 Å². The number of pyridine rings is 2.